The summed E-state index contributed by atoms with van der Waals surface area (Å²) in [6.07, 6.45) is 3.54. The van der Waals surface area contributed by atoms with Gasteiger partial charge in [0.2, 0.25) is 5.24 Å². The quantitative estimate of drug-likeness (QED) is 0.476. The molecule has 0 aliphatic heterocycles. The Kier molecular flexibility index (Phi) is 6.98. The Labute approximate surface area is 66.9 Å². The minimum atomic E-state index is -0.309. The smallest absolute Gasteiger partial charge is 0.235 e. The molecule has 0 aromatic heterocycles. The second-order valence-corrected chi connectivity index (χ2v) is 2.66. The molecule has 0 atom stereocenters. The number of nitrogens with one attached hydrogen (secondary N) is 1. The third-order valence-electron chi connectivity index (χ3n) is 1.22. The molecule has 0 saturated carbocycles. The van der Waals surface area contributed by atoms with Crippen LogP contribution >= 0.6 is 11.6 Å². The number of carbonyl (C=O) groups is 1. The number of carbonyl (C=O) groups excluding carboxylic acids is 1. The van der Waals surface area contributed by atoms with Crippen LogP contribution in [0.2, 0.25) is 0 Å². The first-order valence-corrected chi connectivity index (χ1v) is 4.04. The Morgan fingerprint density at radius 3 is 2.70 bits per heavy atom. The summed E-state index contributed by atoms with van der Waals surface area (Å²) in [5.41, 5.74) is 0. The predicted molar refractivity (Wildman–Crippen MR) is 43.3 cm³/mol. The molecule has 0 fully saturated rings. The molecule has 0 bridgehead atoms. The zero-order chi connectivity index (χ0) is 7.82. The van der Waals surface area contributed by atoms with Gasteiger partial charge in [0.1, 0.15) is 0 Å². The number of hydrogen-bond donors (Lipinski definition) is 1. The molecule has 0 aromatic rings. The molecule has 10 heavy (non-hydrogen) atoms. The molecule has 0 radical (unpaired) electrons. The van der Waals surface area contributed by atoms with Gasteiger partial charge in [0, 0.05) is 0 Å². The van der Waals surface area contributed by atoms with Gasteiger partial charge in [0.25, 0.3) is 0 Å². The maximum Gasteiger partial charge on any atom is 0.235 e. The summed E-state index contributed by atoms with van der Waals surface area (Å²) in [4.78, 5) is 10.2. The van der Waals surface area contributed by atoms with Crippen LogP contribution < -0.4 is 5.32 Å². The van der Waals surface area contributed by atoms with Gasteiger partial charge in [0.15, 0.2) is 0 Å². The molecular weight excluding hydrogens is 150 g/mol. The highest BCUT2D eigenvalue weighted by Crippen LogP contribution is 1.90. The third-order valence-corrected chi connectivity index (χ3v) is 1.35. The third kappa shape index (κ3) is 7.92. The molecule has 0 heterocycles. The molecule has 1 N–H and O–H groups in total. The average Bonchev–Trinajstić information content (AvgIpc) is 1.87. The van der Waals surface area contributed by atoms with Gasteiger partial charge in [-0.05, 0) is 24.6 Å². The van der Waals surface area contributed by atoms with Gasteiger partial charge in [-0.2, -0.15) is 0 Å². The van der Waals surface area contributed by atoms with E-state index in [4.69, 9.17) is 11.6 Å². The molecule has 0 aliphatic carbocycles. The molecule has 0 saturated heterocycles. The van der Waals surface area contributed by atoms with E-state index in [-0.39, 0.29) is 5.24 Å². The summed E-state index contributed by atoms with van der Waals surface area (Å²) in [6, 6.07) is 0. The molecule has 0 aliphatic rings. The molecule has 0 aromatic carbocycles. The molecule has 0 rings (SSSR count). The van der Waals surface area contributed by atoms with Gasteiger partial charge in [-0.1, -0.05) is 19.8 Å². The largest absolute Gasteiger partial charge is 0.309 e. The Balaban J connectivity index is 2.84. The Bertz CT molecular complexity index is 95.6. The molecular formula is C7H14ClNO. The lowest BCUT2D eigenvalue weighted by molar-refractivity contribution is -0.110. The molecule has 0 unspecified atom stereocenters. The van der Waals surface area contributed by atoms with Crippen LogP contribution in [-0.4, -0.2) is 18.3 Å². The molecule has 3 heteroatoms. The minimum Gasteiger partial charge on any atom is -0.309 e. The first-order chi connectivity index (χ1) is 4.77. The van der Waals surface area contributed by atoms with Gasteiger partial charge in [-0.15, -0.1) is 0 Å². The zero-order valence-corrected chi connectivity index (χ0v) is 7.08. The van der Waals surface area contributed by atoms with E-state index < -0.39 is 0 Å². The summed E-state index contributed by atoms with van der Waals surface area (Å²) >= 11 is 5.09. The first kappa shape index (κ1) is 9.92. The highest BCUT2D eigenvalue weighted by atomic mass is 35.5. The normalized spacial score (nSPS) is 9.80. The van der Waals surface area contributed by atoms with Crippen molar-refractivity contribution in [3.63, 3.8) is 0 Å². The zero-order valence-electron chi connectivity index (χ0n) is 6.32. The Hall–Kier alpha value is -0.0800. The molecule has 2 nitrogen and oxygen atoms in total. The maximum absolute atomic E-state index is 10.2. The lowest BCUT2D eigenvalue weighted by Crippen LogP contribution is -2.20. The lowest BCUT2D eigenvalue weighted by Gasteiger charge is -1.98. The number of unbranched alkanes of at least 4 members (excludes halogenated alkanes) is 2. The summed E-state index contributed by atoms with van der Waals surface area (Å²) in [5.74, 6) is 0. The van der Waals surface area contributed by atoms with Gasteiger partial charge in [0.05, 0.1) is 6.54 Å². The standard InChI is InChI=1S/C7H14ClNO/c1-2-3-4-5-9-6-7(8)10/h9H,2-6H2,1H3. The van der Waals surface area contributed by atoms with Crippen molar-refractivity contribution < 1.29 is 4.79 Å². The van der Waals surface area contributed by atoms with Crippen molar-refractivity contribution >= 4 is 16.8 Å². The Morgan fingerprint density at radius 1 is 1.50 bits per heavy atom. The van der Waals surface area contributed by atoms with E-state index in [2.05, 4.69) is 12.2 Å². The van der Waals surface area contributed by atoms with Crippen LogP contribution in [0.5, 0.6) is 0 Å². The summed E-state index contributed by atoms with van der Waals surface area (Å²) in [6.45, 7) is 3.34. The van der Waals surface area contributed by atoms with E-state index in [1.807, 2.05) is 0 Å². The van der Waals surface area contributed by atoms with Crippen LogP contribution in [-0.2, 0) is 4.79 Å². The second kappa shape index (κ2) is 7.03. The number of rotatable bonds is 6. The van der Waals surface area contributed by atoms with Crippen molar-refractivity contribution in [3.8, 4) is 0 Å². The van der Waals surface area contributed by atoms with Crippen molar-refractivity contribution in [1.29, 1.82) is 0 Å². The van der Waals surface area contributed by atoms with E-state index >= 15 is 0 Å². The van der Waals surface area contributed by atoms with Crippen molar-refractivity contribution in [2.75, 3.05) is 13.1 Å². The van der Waals surface area contributed by atoms with Crippen LogP contribution in [0.3, 0.4) is 0 Å². The van der Waals surface area contributed by atoms with Gasteiger partial charge in [-0.3, -0.25) is 4.79 Å². The van der Waals surface area contributed by atoms with Crippen LogP contribution in [0.15, 0.2) is 0 Å². The average molecular weight is 164 g/mol. The molecule has 0 spiro atoms. The van der Waals surface area contributed by atoms with E-state index in [9.17, 15) is 4.79 Å². The monoisotopic (exact) mass is 163 g/mol. The summed E-state index contributed by atoms with van der Waals surface area (Å²) in [7, 11) is 0. The highest BCUT2D eigenvalue weighted by Gasteiger charge is 1.92. The first-order valence-electron chi connectivity index (χ1n) is 3.66. The van der Waals surface area contributed by atoms with Crippen molar-refractivity contribution in [2.45, 2.75) is 26.2 Å². The van der Waals surface area contributed by atoms with E-state index in [1.165, 1.54) is 12.8 Å². The van der Waals surface area contributed by atoms with Crippen LogP contribution in [0, 0.1) is 0 Å². The minimum absolute atomic E-state index is 0.297. The number of halogens is 1. The van der Waals surface area contributed by atoms with E-state index in [0.29, 0.717) is 6.54 Å². The predicted octanol–water partition coefficient (Wildman–Crippen LogP) is 1.53. The van der Waals surface area contributed by atoms with Crippen LogP contribution in [0.1, 0.15) is 26.2 Å². The van der Waals surface area contributed by atoms with E-state index in [0.717, 1.165) is 13.0 Å². The number of hydrogen-bond acceptors (Lipinski definition) is 2. The maximum atomic E-state index is 10.2. The molecule has 60 valence electrons. The highest BCUT2D eigenvalue weighted by molar-refractivity contribution is 6.64. The van der Waals surface area contributed by atoms with Crippen molar-refractivity contribution in [2.24, 2.45) is 0 Å². The van der Waals surface area contributed by atoms with Gasteiger partial charge < -0.3 is 5.32 Å². The van der Waals surface area contributed by atoms with Crippen LogP contribution in [0.25, 0.3) is 0 Å². The van der Waals surface area contributed by atoms with Gasteiger partial charge in [-0.25, -0.2) is 0 Å². The fraction of sp³-hybridized carbons (Fsp3) is 0.857. The lowest BCUT2D eigenvalue weighted by atomic mass is 10.2. The van der Waals surface area contributed by atoms with E-state index in [1.54, 1.807) is 0 Å². The van der Waals surface area contributed by atoms with Crippen LogP contribution in [0.4, 0.5) is 0 Å². The van der Waals surface area contributed by atoms with Crippen molar-refractivity contribution in [1.82, 2.24) is 5.32 Å². The van der Waals surface area contributed by atoms with Gasteiger partial charge >= 0.3 is 0 Å². The fourth-order valence-electron chi connectivity index (χ4n) is 0.687. The SMILES string of the molecule is CCCCCNCC(=O)Cl. The van der Waals surface area contributed by atoms with Crippen molar-refractivity contribution in [3.05, 3.63) is 0 Å². The summed E-state index contributed by atoms with van der Waals surface area (Å²) in [5, 5.41) is 2.63. The Morgan fingerprint density at radius 2 is 2.20 bits per heavy atom. The summed E-state index contributed by atoms with van der Waals surface area (Å²) < 4.78 is 0. The molecule has 0 amide bonds. The topological polar surface area (TPSA) is 29.1 Å². The fourth-order valence-corrected chi connectivity index (χ4v) is 0.781. The second-order valence-electron chi connectivity index (χ2n) is 2.24.